The molecule has 1 aromatic carbocycles. The first-order valence-corrected chi connectivity index (χ1v) is 10.2. The molecule has 0 saturated carbocycles. The molecule has 1 aromatic rings. The van der Waals surface area contributed by atoms with Crippen LogP contribution in [0.4, 0.5) is 0 Å². The summed E-state index contributed by atoms with van der Waals surface area (Å²) in [6.07, 6.45) is 5.32. The van der Waals surface area contributed by atoms with Gasteiger partial charge in [-0.05, 0) is 44.1 Å². The van der Waals surface area contributed by atoms with E-state index >= 15 is 0 Å². The van der Waals surface area contributed by atoms with Crippen LogP contribution in [0, 0.1) is 5.92 Å². The summed E-state index contributed by atoms with van der Waals surface area (Å²) in [5, 5.41) is 0. The van der Waals surface area contributed by atoms with Crippen LogP contribution in [0.2, 0.25) is 0 Å². The van der Waals surface area contributed by atoms with E-state index < -0.39 is 0 Å². The molecule has 2 aliphatic heterocycles. The largest absolute Gasteiger partial charge is 0.457 e. The van der Waals surface area contributed by atoms with Gasteiger partial charge >= 0.3 is 5.97 Å². The molecule has 27 heavy (non-hydrogen) atoms. The van der Waals surface area contributed by atoms with Crippen LogP contribution in [-0.2, 0) is 25.6 Å². The number of fused-ring (bicyclic) bond motifs is 1. The number of hydrogen-bond acceptors (Lipinski definition) is 4. The van der Waals surface area contributed by atoms with Crippen LogP contribution < -0.4 is 0 Å². The molecule has 4 nitrogen and oxygen atoms in total. The van der Waals surface area contributed by atoms with E-state index in [1.54, 1.807) is 0 Å². The molecule has 0 unspecified atom stereocenters. The fourth-order valence-corrected chi connectivity index (χ4v) is 4.43. The van der Waals surface area contributed by atoms with Crippen LogP contribution in [0.3, 0.4) is 0 Å². The molecule has 2 heterocycles. The summed E-state index contributed by atoms with van der Waals surface area (Å²) in [6, 6.07) is 9.71. The van der Waals surface area contributed by atoms with E-state index in [0.717, 1.165) is 37.7 Å². The molecule has 2 aliphatic rings. The molecule has 0 aliphatic carbocycles. The second kappa shape index (κ2) is 8.57. The lowest BCUT2D eigenvalue weighted by Crippen LogP contribution is -2.48. The fourth-order valence-electron chi connectivity index (χ4n) is 4.43. The van der Waals surface area contributed by atoms with Gasteiger partial charge in [0, 0.05) is 12.0 Å². The molecule has 0 spiro atoms. The Balaban J connectivity index is 1.51. The Labute approximate surface area is 162 Å². The second-order valence-electron chi connectivity index (χ2n) is 8.10. The van der Waals surface area contributed by atoms with Crippen LogP contribution in [0.1, 0.15) is 58.4 Å². The minimum absolute atomic E-state index is 0.0310. The van der Waals surface area contributed by atoms with E-state index in [0.29, 0.717) is 5.57 Å². The topological polar surface area (TPSA) is 44.8 Å². The molecule has 3 rings (SSSR count). The maximum atomic E-state index is 12.4. The fraction of sp³-hybridized carbons (Fsp3) is 0.609. The van der Waals surface area contributed by atoms with Gasteiger partial charge in [-0.3, -0.25) is 0 Å². The van der Waals surface area contributed by atoms with Gasteiger partial charge in [0.15, 0.2) is 0 Å². The summed E-state index contributed by atoms with van der Waals surface area (Å²) in [7, 11) is 0. The Morgan fingerprint density at radius 3 is 2.78 bits per heavy atom. The summed E-state index contributed by atoms with van der Waals surface area (Å²) in [5.74, 6) is -0.286. The van der Waals surface area contributed by atoms with Gasteiger partial charge in [0.05, 0.1) is 23.9 Å². The third-order valence-corrected chi connectivity index (χ3v) is 6.05. The summed E-state index contributed by atoms with van der Waals surface area (Å²) in [4.78, 5) is 12.4. The van der Waals surface area contributed by atoms with Crippen molar-refractivity contribution in [2.75, 3.05) is 0 Å². The Bertz CT molecular complexity index is 656. The van der Waals surface area contributed by atoms with Crippen LogP contribution in [0.5, 0.6) is 0 Å². The smallest absolute Gasteiger partial charge is 0.334 e. The number of rotatable bonds is 7. The van der Waals surface area contributed by atoms with E-state index in [9.17, 15) is 4.79 Å². The second-order valence-corrected chi connectivity index (χ2v) is 8.10. The molecular weight excluding hydrogens is 340 g/mol. The highest BCUT2D eigenvalue weighted by Gasteiger charge is 2.50. The number of carbonyl (C=O) groups is 1. The number of hydrogen-bond donors (Lipinski definition) is 0. The SMILES string of the molecule is C=C(C(=O)OCc1ccccc1)[C@H](C)C[C@H]1CC[C@@H]2O[C@@H](C)C[C@]2(CC)O1. The molecule has 5 atom stereocenters. The molecule has 2 fully saturated rings. The number of ether oxygens (including phenoxy) is 3. The Hall–Kier alpha value is -1.65. The minimum atomic E-state index is -0.317. The van der Waals surface area contributed by atoms with Crippen LogP contribution in [0.15, 0.2) is 42.5 Å². The highest BCUT2D eigenvalue weighted by molar-refractivity contribution is 5.88. The van der Waals surface area contributed by atoms with Crippen molar-refractivity contribution in [2.24, 2.45) is 5.92 Å². The predicted octanol–water partition coefficient (Wildman–Crippen LogP) is 4.82. The highest BCUT2D eigenvalue weighted by atomic mass is 16.6. The molecule has 0 amide bonds. The predicted molar refractivity (Wildman–Crippen MR) is 105 cm³/mol. The Morgan fingerprint density at radius 1 is 1.33 bits per heavy atom. The molecule has 2 saturated heterocycles. The molecule has 0 radical (unpaired) electrons. The van der Waals surface area contributed by atoms with Crippen LogP contribution in [-0.4, -0.2) is 29.9 Å². The Morgan fingerprint density at radius 2 is 2.07 bits per heavy atom. The van der Waals surface area contributed by atoms with Crippen molar-refractivity contribution in [2.45, 2.75) is 83.4 Å². The van der Waals surface area contributed by atoms with Crippen molar-refractivity contribution in [3.05, 3.63) is 48.0 Å². The number of benzene rings is 1. The first-order chi connectivity index (χ1) is 12.9. The molecule has 0 N–H and O–H groups in total. The summed E-state index contributed by atoms with van der Waals surface area (Å²) < 4.78 is 18.0. The normalized spacial score (nSPS) is 31.1. The van der Waals surface area contributed by atoms with Crippen LogP contribution >= 0.6 is 0 Å². The number of carbonyl (C=O) groups excluding carboxylic acids is 1. The van der Waals surface area contributed by atoms with Crippen LogP contribution in [0.25, 0.3) is 0 Å². The van der Waals surface area contributed by atoms with Gasteiger partial charge in [0.2, 0.25) is 0 Å². The zero-order chi connectivity index (χ0) is 19.4. The summed E-state index contributed by atoms with van der Waals surface area (Å²) in [5.41, 5.74) is 1.35. The van der Waals surface area contributed by atoms with Crippen molar-refractivity contribution in [1.82, 2.24) is 0 Å². The average Bonchev–Trinajstić information content (AvgIpc) is 3.02. The lowest BCUT2D eigenvalue weighted by molar-refractivity contribution is -0.170. The lowest BCUT2D eigenvalue weighted by atomic mass is 9.82. The zero-order valence-corrected chi connectivity index (χ0v) is 16.8. The molecular formula is C23H32O4. The average molecular weight is 373 g/mol. The first kappa shape index (κ1) is 20.1. The first-order valence-electron chi connectivity index (χ1n) is 10.2. The molecule has 148 valence electrons. The summed E-state index contributed by atoms with van der Waals surface area (Å²) in [6.45, 7) is 10.6. The third kappa shape index (κ3) is 4.61. The lowest BCUT2D eigenvalue weighted by Gasteiger charge is -2.42. The van der Waals surface area contributed by atoms with Gasteiger partial charge in [0.1, 0.15) is 6.61 Å². The standard InChI is InChI=1S/C23H32O4/c1-5-23-14-17(3)26-21(23)12-11-20(27-23)13-16(2)18(4)22(24)25-15-19-9-7-6-8-10-19/h6-10,16-17,20-21H,4-5,11-15H2,1-3H3/t16-,17+,20-,21+,23+/m1/s1. The van der Waals surface area contributed by atoms with Crippen molar-refractivity contribution < 1.29 is 19.0 Å². The number of esters is 1. The highest BCUT2D eigenvalue weighted by Crippen LogP contribution is 2.44. The van der Waals surface area contributed by atoms with Gasteiger partial charge in [-0.25, -0.2) is 4.79 Å². The van der Waals surface area contributed by atoms with Crippen molar-refractivity contribution in [3.63, 3.8) is 0 Å². The van der Waals surface area contributed by atoms with E-state index in [1.165, 1.54) is 0 Å². The van der Waals surface area contributed by atoms with Gasteiger partial charge in [0.25, 0.3) is 0 Å². The van der Waals surface area contributed by atoms with Gasteiger partial charge in [-0.15, -0.1) is 0 Å². The maximum Gasteiger partial charge on any atom is 0.334 e. The maximum absolute atomic E-state index is 12.4. The molecule has 0 bridgehead atoms. The quantitative estimate of drug-likeness (QED) is 0.509. The zero-order valence-electron chi connectivity index (χ0n) is 16.8. The van der Waals surface area contributed by atoms with E-state index in [4.69, 9.17) is 14.2 Å². The van der Waals surface area contributed by atoms with Gasteiger partial charge in [-0.2, -0.15) is 0 Å². The molecule has 4 heteroatoms. The van der Waals surface area contributed by atoms with Crippen molar-refractivity contribution >= 4 is 5.97 Å². The minimum Gasteiger partial charge on any atom is -0.457 e. The van der Waals surface area contributed by atoms with E-state index in [2.05, 4.69) is 20.4 Å². The van der Waals surface area contributed by atoms with Crippen molar-refractivity contribution in [1.29, 1.82) is 0 Å². The van der Waals surface area contributed by atoms with Crippen molar-refractivity contribution in [3.8, 4) is 0 Å². The van der Waals surface area contributed by atoms with Gasteiger partial charge in [-0.1, -0.05) is 50.8 Å². The van der Waals surface area contributed by atoms with Gasteiger partial charge < -0.3 is 14.2 Å². The monoisotopic (exact) mass is 372 g/mol. The summed E-state index contributed by atoms with van der Waals surface area (Å²) >= 11 is 0. The van der Waals surface area contributed by atoms with E-state index in [1.807, 2.05) is 37.3 Å². The Kier molecular flexibility index (Phi) is 6.38. The third-order valence-electron chi connectivity index (χ3n) is 6.05. The van der Waals surface area contributed by atoms with E-state index in [-0.39, 0.29) is 42.4 Å². The molecule has 0 aromatic heterocycles.